The number of fused-ring (bicyclic) bond motifs is 1. The normalized spacial score (nSPS) is 24.7. The smallest absolute Gasteiger partial charge is 0.234 e. The molecule has 0 heterocycles. The molecular weight excluding hydrogens is 397 g/mol. The van der Waals surface area contributed by atoms with Gasteiger partial charge in [0, 0.05) is 0 Å². The van der Waals surface area contributed by atoms with Gasteiger partial charge in [-0.25, -0.2) is 0 Å². The first-order chi connectivity index (χ1) is 16.0. The van der Waals surface area contributed by atoms with Crippen LogP contribution in [-0.2, 0) is 0 Å². The van der Waals surface area contributed by atoms with Gasteiger partial charge in [-0.2, -0.15) is 0 Å². The van der Waals surface area contributed by atoms with Crippen LogP contribution in [0.1, 0.15) is 135 Å². The third kappa shape index (κ3) is 6.78. The van der Waals surface area contributed by atoms with Gasteiger partial charge in [0.1, 0.15) is 0 Å². The molecule has 2 aliphatic rings. The van der Waals surface area contributed by atoms with Gasteiger partial charge in [-0.1, -0.05) is 116 Å². The Morgan fingerprint density at radius 2 is 1.67 bits per heavy atom. The molecule has 0 radical (unpaired) electrons. The molecule has 0 aliphatic heterocycles. The Hall–Kier alpha value is -1.02. The van der Waals surface area contributed by atoms with E-state index in [1.54, 1.807) is 11.1 Å². The minimum Gasteiger partial charge on any atom is -0.337 e. The van der Waals surface area contributed by atoms with Crippen molar-refractivity contribution in [3.63, 3.8) is 0 Å². The number of nitrogens with zero attached hydrogens (tertiary/aromatic N) is 1. The zero-order valence-corrected chi connectivity index (χ0v) is 22.6. The summed E-state index contributed by atoms with van der Waals surface area (Å²) in [6.45, 7) is 16.7. The van der Waals surface area contributed by atoms with Crippen LogP contribution in [0.3, 0.4) is 0 Å². The molecule has 1 aromatic rings. The van der Waals surface area contributed by atoms with Gasteiger partial charge in [-0.15, -0.1) is 6.58 Å². The van der Waals surface area contributed by atoms with Crippen LogP contribution in [0.25, 0.3) is 0 Å². The first kappa shape index (κ1) is 26.6. The van der Waals surface area contributed by atoms with Crippen LogP contribution in [0.2, 0.25) is 5.82 Å². The molecule has 1 nitrogen and oxygen atoms in total. The summed E-state index contributed by atoms with van der Waals surface area (Å²) < 4.78 is 0. The summed E-state index contributed by atoms with van der Waals surface area (Å²) in [4.78, 5) is 2.91. The van der Waals surface area contributed by atoms with Crippen LogP contribution in [0.4, 0.5) is 0 Å². The molecule has 0 aromatic heterocycles. The molecule has 2 aliphatic carbocycles. The summed E-state index contributed by atoms with van der Waals surface area (Å²) in [5.74, 6) is 3.26. The maximum Gasteiger partial charge on any atom is 0.234 e. The zero-order chi connectivity index (χ0) is 23.8. The van der Waals surface area contributed by atoms with Crippen molar-refractivity contribution in [1.82, 2.24) is 4.81 Å². The SMILES string of the molecule is C=CCCCC1CC(B(C2CCC(CCCCCC)C2)N(C(C)C)C(C)C)c2ccccc21. The minimum absolute atomic E-state index is 0.602. The van der Waals surface area contributed by atoms with Gasteiger partial charge in [0.05, 0.1) is 0 Å². The molecule has 33 heavy (non-hydrogen) atoms. The van der Waals surface area contributed by atoms with E-state index in [0.717, 1.165) is 24.1 Å². The molecule has 3 rings (SSSR count). The summed E-state index contributed by atoms with van der Waals surface area (Å²) >= 11 is 0. The van der Waals surface area contributed by atoms with E-state index in [9.17, 15) is 0 Å². The molecule has 2 heteroatoms. The van der Waals surface area contributed by atoms with Crippen molar-refractivity contribution in [2.24, 2.45) is 5.92 Å². The average molecular weight is 450 g/mol. The van der Waals surface area contributed by atoms with Crippen LogP contribution in [0, 0.1) is 5.92 Å². The largest absolute Gasteiger partial charge is 0.337 e. The Balaban J connectivity index is 1.82. The van der Waals surface area contributed by atoms with E-state index >= 15 is 0 Å². The highest BCUT2D eigenvalue weighted by molar-refractivity contribution is 6.59. The highest BCUT2D eigenvalue weighted by Crippen LogP contribution is 2.52. The molecule has 1 saturated carbocycles. The molecule has 1 aromatic carbocycles. The second-order valence-electron chi connectivity index (χ2n) is 11.8. The average Bonchev–Trinajstić information content (AvgIpc) is 3.40. The summed E-state index contributed by atoms with van der Waals surface area (Å²) in [7, 11) is 0. The van der Waals surface area contributed by atoms with Gasteiger partial charge in [0.15, 0.2) is 0 Å². The van der Waals surface area contributed by atoms with Crippen molar-refractivity contribution in [3.8, 4) is 0 Å². The molecule has 4 atom stereocenters. The molecule has 184 valence electrons. The number of allylic oxidation sites excluding steroid dienone is 1. The maximum atomic E-state index is 3.96. The summed E-state index contributed by atoms with van der Waals surface area (Å²) in [5.41, 5.74) is 3.35. The fourth-order valence-electron chi connectivity index (χ4n) is 7.50. The molecule has 0 bridgehead atoms. The fraction of sp³-hybridized carbons (Fsp3) is 0.742. The first-order valence-corrected chi connectivity index (χ1v) is 14.4. The van der Waals surface area contributed by atoms with E-state index in [0.29, 0.717) is 24.7 Å². The number of hydrogen-bond donors (Lipinski definition) is 0. The highest BCUT2D eigenvalue weighted by Gasteiger charge is 2.47. The van der Waals surface area contributed by atoms with Crippen molar-refractivity contribution in [1.29, 1.82) is 0 Å². The Morgan fingerprint density at radius 1 is 0.939 bits per heavy atom. The molecule has 1 fully saturated rings. The van der Waals surface area contributed by atoms with E-state index in [-0.39, 0.29) is 0 Å². The van der Waals surface area contributed by atoms with Gasteiger partial charge >= 0.3 is 0 Å². The second-order valence-corrected chi connectivity index (χ2v) is 11.8. The molecule has 0 spiro atoms. The van der Waals surface area contributed by atoms with Crippen molar-refractivity contribution < 1.29 is 0 Å². The summed E-state index contributed by atoms with van der Waals surface area (Å²) in [5, 5.41) is 0. The van der Waals surface area contributed by atoms with Crippen molar-refractivity contribution >= 4 is 6.85 Å². The lowest BCUT2D eigenvalue weighted by molar-refractivity contribution is 0.289. The van der Waals surface area contributed by atoms with E-state index in [4.69, 9.17) is 0 Å². The zero-order valence-electron chi connectivity index (χ0n) is 22.6. The van der Waals surface area contributed by atoms with E-state index in [1.807, 2.05) is 0 Å². The monoisotopic (exact) mass is 449 g/mol. The lowest BCUT2D eigenvalue weighted by Gasteiger charge is -2.43. The lowest BCUT2D eigenvalue weighted by Crippen LogP contribution is -2.53. The Bertz CT molecular complexity index is 703. The van der Waals surface area contributed by atoms with Gasteiger partial charge < -0.3 is 4.81 Å². The molecular formula is C31H52BN. The van der Waals surface area contributed by atoms with E-state index < -0.39 is 0 Å². The lowest BCUT2D eigenvalue weighted by atomic mass is 9.39. The van der Waals surface area contributed by atoms with E-state index in [2.05, 4.69) is 76.4 Å². The number of rotatable bonds is 14. The van der Waals surface area contributed by atoms with Crippen LogP contribution in [-0.4, -0.2) is 23.7 Å². The molecule has 4 unspecified atom stereocenters. The quantitative estimate of drug-likeness (QED) is 0.155. The van der Waals surface area contributed by atoms with Crippen molar-refractivity contribution in [2.75, 3.05) is 0 Å². The van der Waals surface area contributed by atoms with Gasteiger partial charge in [-0.05, 0) is 72.4 Å². The third-order valence-corrected chi connectivity index (χ3v) is 8.81. The highest BCUT2D eigenvalue weighted by atomic mass is 15.1. The Kier molecular flexibility index (Phi) is 10.6. The van der Waals surface area contributed by atoms with Crippen LogP contribution < -0.4 is 0 Å². The van der Waals surface area contributed by atoms with Crippen LogP contribution in [0.5, 0.6) is 0 Å². The maximum absolute atomic E-state index is 3.96. The third-order valence-electron chi connectivity index (χ3n) is 8.81. The molecule has 0 saturated heterocycles. The van der Waals surface area contributed by atoms with Crippen molar-refractivity contribution in [3.05, 3.63) is 48.0 Å². The summed E-state index contributed by atoms with van der Waals surface area (Å²) in [6.07, 6.45) is 18.7. The minimum atomic E-state index is 0.602. The Labute approximate surface area is 206 Å². The molecule has 0 N–H and O–H groups in total. The number of hydrogen-bond acceptors (Lipinski definition) is 1. The second kappa shape index (κ2) is 13.2. The Morgan fingerprint density at radius 3 is 2.33 bits per heavy atom. The standard InChI is InChI=1S/C31H52BN/c1-7-9-11-13-16-26-20-21-28(22-26)32(33(24(3)4)25(5)6)31-23-27(17-12-10-8-2)29-18-14-15-19-30(29)31/h8,14-15,18-19,24-28,31H,2,7,9-13,16-17,20-23H2,1,3-6H3. The predicted octanol–water partition coefficient (Wildman–Crippen LogP) is 9.40. The van der Waals surface area contributed by atoms with Crippen molar-refractivity contribution in [2.45, 2.75) is 141 Å². The van der Waals surface area contributed by atoms with Crippen LogP contribution in [0.15, 0.2) is 36.9 Å². The van der Waals surface area contributed by atoms with Gasteiger partial charge in [0.25, 0.3) is 0 Å². The molecule has 0 amide bonds. The topological polar surface area (TPSA) is 3.24 Å². The van der Waals surface area contributed by atoms with Gasteiger partial charge in [-0.3, -0.25) is 0 Å². The first-order valence-electron chi connectivity index (χ1n) is 14.4. The summed E-state index contributed by atoms with van der Waals surface area (Å²) in [6, 6.07) is 10.7. The number of unbranched alkanes of at least 4 members (excludes halogenated alkanes) is 4. The van der Waals surface area contributed by atoms with E-state index in [1.165, 1.54) is 70.6 Å². The number of benzene rings is 1. The van der Waals surface area contributed by atoms with Crippen LogP contribution >= 0.6 is 0 Å². The predicted molar refractivity (Wildman–Crippen MR) is 148 cm³/mol. The fourth-order valence-corrected chi connectivity index (χ4v) is 7.50. The van der Waals surface area contributed by atoms with Gasteiger partial charge in [0.2, 0.25) is 6.85 Å².